The van der Waals surface area contributed by atoms with Gasteiger partial charge >= 0.3 is 5.97 Å². The van der Waals surface area contributed by atoms with Crippen molar-refractivity contribution in [2.45, 2.75) is 16.8 Å². The van der Waals surface area contributed by atoms with Crippen LogP contribution in [0.1, 0.15) is 15.9 Å². The van der Waals surface area contributed by atoms with Crippen LogP contribution in [0.15, 0.2) is 46.5 Å². The van der Waals surface area contributed by atoms with Crippen molar-refractivity contribution in [1.82, 2.24) is 4.98 Å². The van der Waals surface area contributed by atoms with Crippen LogP contribution in [0.2, 0.25) is 0 Å². The molecule has 1 N–H and O–H groups in total. The van der Waals surface area contributed by atoms with Gasteiger partial charge in [-0.15, -0.1) is 0 Å². The van der Waals surface area contributed by atoms with Crippen LogP contribution in [0, 0.1) is 17.0 Å². The SMILES string of the molecule is Cc1cccc(Sc2cc(C(=O)O)ccn2)c1[N+](=O)[O-]. The van der Waals surface area contributed by atoms with Gasteiger partial charge in [-0.1, -0.05) is 23.9 Å². The fourth-order valence-corrected chi connectivity index (χ4v) is 2.66. The zero-order valence-electron chi connectivity index (χ0n) is 10.4. The number of aromatic carboxylic acids is 1. The molecule has 1 heterocycles. The maximum atomic E-state index is 11.1. The summed E-state index contributed by atoms with van der Waals surface area (Å²) < 4.78 is 0. The summed E-state index contributed by atoms with van der Waals surface area (Å²) in [4.78, 5) is 26.0. The number of aryl methyl sites for hydroxylation is 1. The van der Waals surface area contributed by atoms with Crippen LogP contribution in [-0.2, 0) is 0 Å². The average molecular weight is 290 g/mol. The van der Waals surface area contributed by atoms with Gasteiger partial charge in [-0.3, -0.25) is 10.1 Å². The van der Waals surface area contributed by atoms with Crippen molar-refractivity contribution in [3.63, 3.8) is 0 Å². The molecule has 0 bridgehead atoms. The number of nitro groups is 1. The highest BCUT2D eigenvalue weighted by Gasteiger charge is 2.18. The van der Waals surface area contributed by atoms with Gasteiger partial charge in [0.05, 0.1) is 15.4 Å². The smallest absolute Gasteiger partial charge is 0.335 e. The zero-order chi connectivity index (χ0) is 14.7. The number of para-hydroxylation sites is 1. The molecule has 2 rings (SSSR count). The fourth-order valence-electron chi connectivity index (χ4n) is 1.66. The van der Waals surface area contributed by atoms with Gasteiger partial charge in [-0.05, 0) is 25.1 Å². The highest BCUT2D eigenvalue weighted by molar-refractivity contribution is 7.99. The first-order chi connectivity index (χ1) is 9.49. The number of hydrogen-bond acceptors (Lipinski definition) is 5. The average Bonchev–Trinajstić information content (AvgIpc) is 2.38. The first-order valence-electron chi connectivity index (χ1n) is 5.60. The monoisotopic (exact) mass is 290 g/mol. The minimum Gasteiger partial charge on any atom is -0.478 e. The minimum atomic E-state index is -1.06. The number of aromatic nitrogens is 1. The van der Waals surface area contributed by atoms with E-state index < -0.39 is 10.9 Å². The van der Waals surface area contributed by atoms with Crippen LogP contribution in [0.3, 0.4) is 0 Å². The molecular formula is C13H10N2O4S. The summed E-state index contributed by atoms with van der Waals surface area (Å²) in [5.41, 5.74) is 0.659. The molecule has 0 unspecified atom stereocenters. The molecule has 2 aromatic rings. The first-order valence-corrected chi connectivity index (χ1v) is 6.42. The second-order valence-electron chi connectivity index (χ2n) is 3.97. The van der Waals surface area contributed by atoms with Crippen LogP contribution in [0.5, 0.6) is 0 Å². The number of hydrogen-bond donors (Lipinski definition) is 1. The zero-order valence-corrected chi connectivity index (χ0v) is 11.3. The van der Waals surface area contributed by atoms with Gasteiger partial charge in [0.25, 0.3) is 5.69 Å². The number of carboxylic acid groups (broad SMARTS) is 1. The highest BCUT2D eigenvalue weighted by atomic mass is 32.2. The molecular weight excluding hydrogens is 280 g/mol. The third kappa shape index (κ3) is 2.94. The molecule has 0 saturated heterocycles. The van der Waals surface area contributed by atoms with Crippen molar-refractivity contribution in [1.29, 1.82) is 0 Å². The van der Waals surface area contributed by atoms with E-state index in [9.17, 15) is 14.9 Å². The van der Waals surface area contributed by atoms with Crippen LogP contribution in [0.4, 0.5) is 5.69 Å². The summed E-state index contributed by atoms with van der Waals surface area (Å²) in [6, 6.07) is 7.75. The molecule has 0 amide bonds. The molecule has 102 valence electrons. The summed E-state index contributed by atoms with van der Waals surface area (Å²) in [7, 11) is 0. The number of nitrogens with zero attached hydrogens (tertiary/aromatic N) is 2. The summed E-state index contributed by atoms with van der Waals surface area (Å²) in [6.07, 6.45) is 1.37. The lowest BCUT2D eigenvalue weighted by atomic mass is 10.2. The second kappa shape index (κ2) is 5.70. The Morgan fingerprint density at radius 3 is 2.80 bits per heavy atom. The molecule has 1 aromatic carbocycles. The lowest BCUT2D eigenvalue weighted by Crippen LogP contribution is -1.97. The summed E-state index contributed by atoms with van der Waals surface area (Å²) in [5, 5.41) is 20.4. The Labute approximate surface area is 118 Å². The summed E-state index contributed by atoms with van der Waals surface area (Å²) >= 11 is 1.07. The predicted octanol–water partition coefficient (Wildman–Crippen LogP) is 3.15. The van der Waals surface area contributed by atoms with E-state index in [1.165, 1.54) is 18.3 Å². The van der Waals surface area contributed by atoms with E-state index in [0.717, 1.165) is 11.8 Å². The van der Waals surface area contributed by atoms with Crippen LogP contribution in [0.25, 0.3) is 0 Å². The Bertz CT molecular complexity index is 688. The third-order valence-electron chi connectivity index (χ3n) is 2.58. The predicted molar refractivity (Wildman–Crippen MR) is 73.2 cm³/mol. The van der Waals surface area contributed by atoms with Gasteiger partial charge in [0.2, 0.25) is 0 Å². The van der Waals surface area contributed by atoms with Gasteiger partial charge < -0.3 is 5.11 Å². The van der Waals surface area contributed by atoms with Gasteiger partial charge in [0.1, 0.15) is 5.03 Å². The Kier molecular flexibility index (Phi) is 3.99. The Hall–Kier alpha value is -2.41. The highest BCUT2D eigenvalue weighted by Crippen LogP contribution is 2.35. The summed E-state index contributed by atoms with van der Waals surface area (Å²) in [6.45, 7) is 1.66. The van der Waals surface area contributed by atoms with Crippen molar-refractivity contribution in [2.24, 2.45) is 0 Å². The Morgan fingerprint density at radius 2 is 2.15 bits per heavy atom. The second-order valence-corrected chi connectivity index (χ2v) is 5.03. The molecule has 20 heavy (non-hydrogen) atoms. The molecule has 1 aromatic heterocycles. The first kappa shape index (κ1) is 14.0. The summed E-state index contributed by atoms with van der Waals surface area (Å²) in [5.74, 6) is -1.06. The van der Waals surface area contributed by atoms with E-state index in [4.69, 9.17) is 5.11 Å². The molecule has 0 saturated carbocycles. The van der Waals surface area contributed by atoms with Crippen LogP contribution >= 0.6 is 11.8 Å². The minimum absolute atomic E-state index is 0.0139. The number of benzene rings is 1. The lowest BCUT2D eigenvalue weighted by Gasteiger charge is -2.05. The van der Waals surface area contributed by atoms with Gasteiger partial charge in [0, 0.05) is 11.8 Å². The van der Waals surface area contributed by atoms with E-state index >= 15 is 0 Å². The van der Waals surface area contributed by atoms with Crippen molar-refractivity contribution in [3.05, 3.63) is 57.8 Å². The van der Waals surface area contributed by atoms with E-state index in [-0.39, 0.29) is 11.3 Å². The maximum Gasteiger partial charge on any atom is 0.335 e. The Morgan fingerprint density at radius 1 is 1.40 bits per heavy atom. The largest absolute Gasteiger partial charge is 0.478 e. The number of carbonyl (C=O) groups is 1. The molecule has 0 aliphatic rings. The van der Waals surface area contributed by atoms with E-state index in [2.05, 4.69) is 4.98 Å². The van der Waals surface area contributed by atoms with E-state index in [1.807, 2.05) is 0 Å². The number of rotatable bonds is 4. The van der Waals surface area contributed by atoms with Crippen molar-refractivity contribution in [2.75, 3.05) is 0 Å². The number of nitro benzene ring substituents is 1. The molecule has 0 aliphatic heterocycles. The van der Waals surface area contributed by atoms with Crippen molar-refractivity contribution < 1.29 is 14.8 Å². The third-order valence-corrected chi connectivity index (χ3v) is 3.56. The molecule has 0 fully saturated rings. The molecule has 0 aliphatic carbocycles. The molecule has 7 heteroatoms. The van der Waals surface area contributed by atoms with Crippen molar-refractivity contribution >= 4 is 23.4 Å². The molecule has 0 spiro atoms. The fraction of sp³-hybridized carbons (Fsp3) is 0.0769. The molecule has 0 radical (unpaired) electrons. The lowest BCUT2D eigenvalue weighted by molar-refractivity contribution is -0.388. The standard InChI is InChI=1S/C13H10N2O4S/c1-8-3-2-4-10(12(8)15(18)19)20-11-7-9(13(16)17)5-6-14-11/h2-7H,1H3,(H,16,17). The van der Waals surface area contributed by atoms with Gasteiger partial charge in [-0.25, -0.2) is 9.78 Å². The van der Waals surface area contributed by atoms with Gasteiger partial charge in [-0.2, -0.15) is 0 Å². The van der Waals surface area contributed by atoms with Crippen LogP contribution in [-0.4, -0.2) is 21.0 Å². The quantitative estimate of drug-likeness (QED) is 0.686. The van der Waals surface area contributed by atoms with Crippen LogP contribution < -0.4 is 0 Å². The number of carboxylic acids is 1. The Balaban J connectivity index is 2.40. The maximum absolute atomic E-state index is 11.1. The number of pyridine rings is 1. The van der Waals surface area contributed by atoms with Crippen molar-refractivity contribution in [3.8, 4) is 0 Å². The normalized spacial score (nSPS) is 10.2. The van der Waals surface area contributed by atoms with E-state index in [0.29, 0.717) is 15.5 Å². The molecule has 6 nitrogen and oxygen atoms in total. The van der Waals surface area contributed by atoms with E-state index in [1.54, 1.807) is 25.1 Å². The topological polar surface area (TPSA) is 93.3 Å². The van der Waals surface area contributed by atoms with Gasteiger partial charge in [0.15, 0.2) is 0 Å². The molecule has 0 atom stereocenters.